The van der Waals surface area contributed by atoms with Gasteiger partial charge in [0.25, 0.3) is 0 Å². The highest BCUT2D eigenvalue weighted by Crippen LogP contribution is 2.39. The molecule has 0 bridgehead atoms. The quantitative estimate of drug-likeness (QED) is 0.598. The lowest BCUT2D eigenvalue weighted by Gasteiger charge is -2.37. The van der Waals surface area contributed by atoms with Crippen LogP contribution < -0.4 is 0 Å². The smallest absolute Gasteiger partial charge is 0.160 e. The fraction of sp³-hybridized carbons (Fsp3) is 0.636. The molecule has 2 aliphatic rings. The van der Waals surface area contributed by atoms with E-state index in [2.05, 4.69) is 6.58 Å². The van der Waals surface area contributed by atoms with E-state index in [-0.39, 0.29) is 24.4 Å². The summed E-state index contributed by atoms with van der Waals surface area (Å²) in [6.45, 7) is 5.20. The van der Waals surface area contributed by atoms with E-state index < -0.39 is 11.6 Å². The fourth-order valence-corrected chi connectivity index (χ4v) is 4.22. The molecule has 150 valence electrons. The number of rotatable bonds is 7. The molecular formula is C22H30F2O3. The summed E-state index contributed by atoms with van der Waals surface area (Å²) >= 11 is 0. The average molecular weight is 380 g/mol. The number of benzene rings is 1. The van der Waals surface area contributed by atoms with Crippen LogP contribution >= 0.6 is 0 Å². The lowest BCUT2D eigenvalue weighted by molar-refractivity contribution is -0.229. The van der Waals surface area contributed by atoms with Crippen molar-refractivity contribution in [3.05, 3.63) is 47.5 Å². The minimum atomic E-state index is -0.515. The molecule has 0 amide bonds. The van der Waals surface area contributed by atoms with Gasteiger partial charge < -0.3 is 14.2 Å². The summed E-state index contributed by atoms with van der Waals surface area (Å²) in [4.78, 5) is 0. The molecule has 1 aliphatic heterocycles. The van der Waals surface area contributed by atoms with Crippen LogP contribution in [0.1, 0.15) is 55.6 Å². The molecule has 1 saturated carbocycles. The molecule has 0 spiro atoms. The SMILES string of the molecule is C=CCCC1COC(C2CCC(c3cc(F)c(COC)c(F)c3)CC2)OC1. The van der Waals surface area contributed by atoms with Crippen LogP contribution in [0.2, 0.25) is 0 Å². The summed E-state index contributed by atoms with van der Waals surface area (Å²) in [5.74, 6) is -0.0287. The summed E-state index contributed by atoms with van der Waals surface area (Å²) in [6, 6.07) is 2.94. The minimum Gasteiger partial charge on any atom is -0.380 e. The van der Waals surface area contributed by atoms with Crippen molar-refractivity contribution in [3.8, 4) is 0 Å². The fourth-order valence-electron chi connectivity index (χ4n) is 4.22. The summed E-state index contributed by atoms with van der Waals surface area (Å²) < 4.78 is 45.1. The molecule has 5 heteroatoms. The Morgan fingerprint density at radius 3 is 2.30 bits per heavy atom. The molecule has 3 rings (SSSR count). The van der Waals surface area contributed by atoms with Gasteiger partial charge >= 0.3 is 0 Å². The van der Waals surface area contributed by atoms with E-state index in [1.54, 1.807) is 0 Å². The van der Waals surface area contributed by atoms with Gasteiger partial charge in [0.05, 0.1) is 19.8 Å². The second-order valence-electron chi connectivity index (χ2n) is 7.77. The van der Waals surface area contributed by atoms with Crippen LogP contribution in [-0.4, -0.2) is 26.6 Å². The Bertz CT molecular complexity index is 595. The molecule has 0 unspecified atom stereocenters. The second-order valence-corrected chi connectivity index (χ2v) is 7.77. The van der Waals surface area contributed by atoms with E-state index in [0.717, 1.165) is 57.3 Å². The van der Waals surface area contributed by atoms with Crippen molar-refractivity contribution in [2.45, 2.75) is 57.3 Å². The molecule has 2 fully saturated rings. The third-order valence-electron chi connectivity index (χ3n) is 5.85. The molecule has 1 saturated heterocycles. The number of ether oxygens (including phenoxy) is 3. The van der Waals surface area contributed by atoms with Gasteiger partial charge in [-0.05, 0) is 62.1 Å². The standard InChI is InChI=1S/C22H30F2O3/c1-3-4-5-15-12-26-22(27-13-15)17-8-6-16(7-9-17)18-10-20(23)19(14-25-2)21(24)11-18/h3,10-11,15-17,22H,1,4-9,12-14H2,2H3. The zero-order valence-electron chi connectivity index (χ0n) is 16.1. The highest BCUT2D eigenvalue weighted by atomic mass is 19.1. The van der Waals surface area contributed by atoms with Crippen molar-refractivity contribution in [2.75, 3.05) is 20.3 Å². The third kappa shape index (κ3) is 5.15. The van der Waals surface area contributed by atoms with Gasteiger partial charge in [0.1, 0.15) is 11.6 Å². The van der Waals surface area contributed by atoms with Gasteiger partial charge in [-0.2, -0.15) is 0 Å². The maximum Gasteiger partial charge on any atom is 0.160 e. The average Bonchev–Trinajstić information content (AvgIpc) is 2.69. The number of hydrogen-bond acceptors (Lipinski definition) is 3. The molecule has 1 heterocycles. The minimum absolute atomic E-state index is 0.00458. The second kappa shape index (κ2) is 9.76. The summed E-state index contributed by atoms with van der Waals surface area (Å²) in [5, 5.41) is 0. The van der Waals surface area contributed by atoms with E-state index in [1.165, 1.54) is 19.2 Å². The summed E-state index contributed by atoms with van der Waals surface area (Å²) in [5.41, 5.74) is 0.753. The van der Waals surface area contributed by atoms with Gasteiger partial charge in [0, 0.05) is 24.5 Å². The molecule has 27 heavy (non-hydrogen) atoms. The Morgan fingerprint density at radius 1 is 1.11 bits per heavy atom. The van der Waals surface area contributed by atoms with Crippen LogP contribution in [0, 0.1) is 23.5 Å². The normalized spacial score (nSPS) is 28.9. The van der Waals surface area contributed by atoms with Crippen LogP contribution in [0.15, 0.2) is 24.8 Å². The predicted molar refractivity (Wildman–Crippen MR) is 100 cm³/mol. The zero-order chi connectivity index (χ0) is 19.2. The number of hydrogen-bond donors (Lipinski definition) is 0. The topological polar surface area (TPSA) is 27.7 Å². The Kier molecular flexibility index (Phi) is 7.39. The first-order valence-electron chi connectivity index (χ1n) is 9.93. The lowest BCUT2D eigenvalue weighted by atomic mass is 9.78. The van der Waals surface area contributed by atoms with Crippen molar-refractivity contribution < 1.29 is 23.0 Å². The molecule has 1 aliphatic carbocycles. The highest BCUT2D eigenvalue weighted by molar-refractivity contribution is 5.28. The molecule has 1 aromatic rings. The predicted octanol–water partition coefficient (Wildman–Crippen LogP) is 5.34. The highest BCUT2D eigenvalue weighted by Gasteiger charge is 2.33. The molecule has 0 N–H and O–H groups in total. The van der Waals surface area contributed by atoms with Crippen molar-refractivity contribution in [3.63, 3.8) is 0 Å². The number of halogens is 2. The first-order chi connectivity index (χ1) is 13.1. The van der Waals surface area contributed by atoms with Crippen molar-refractivity contribution >= 4 is 0 Å². The van der Waals surface area contributed by atoms with Gasteiger partial charge in [-0.1, -0.05) is 6.08 Å². The van der Waals surface area contributed by atoms with E-state index in [9.17, 15) is 8.78 Å². The largest absolute Gasteiger partial charge is 0.380 e. The zero-order valence-corrected chi connectivity index (χ0v) is 16.1. The maximum absolute atomic E-state index is 14.2. The van der Waals surface area contributed by atoms with Gasteiger partial charge in [-0.25, -0.2) is 8.78 Å². The summed E-state index contributed by atoms with van der Waals surface area (Å²) in [6.07, 6.45) is 7.55. The maximum atomic E-state index is 14.2. The first-order valence-corrected chi connectivity index (χ1v) is 9.93. The number of allylic oxidation sites excluding steroid dienone is 1. The Hall–Kier alpha value is -1.30. The lowest BCUT2D eigenvalue weighted by Crippen LogP contribution is -2.38. The van der Waals surface area contributed by atoms with Gasteiger partial charge in [0.15, 0.2) is 6.29 Å². The molecule has 0 radical (unpaired) electrons. The van der Waals surface area contributed by atoms with Crippen molar-refractivity contribution in [1.82, 2.24) is 0 Å². The van der Waals surface area contributed by atoms with E-state index in [0.29, 0.717) is 11.8 Å². The molecule has 0 atom stereocenters. The van der Waals surface area contributed by atoms with Crippen LogP contribution in [0.4, 0.5) is 8.78 Å². The van der Waals surface area contributed by atoms with E-state index >= 15 is 0 Å². The Balaban J connectivity index is 1.51. The molecule has 0 aromatic heterocycles. The van der Waals surface area contributed by atoms with Gasteiger partial charge in [-0.3, -0.25) is 0 Å². The van der Waals surface area contributed by atoms with Crippen LogP contribution in [0.5, 0.6) is 0 Å². The molecule has 3 nitrogen and oxygen atoms in total. The third-order valence-corrected chi connectivity index (χ3v) is 5.85. The number of methoxy groups -OCH3 is 1. The van der Waals surface area contributed by atoms with Crippen molar-refractivity contribution in [1.29, 1.82) is 0 Å². The van der Waals surface area contributed by atoms with Crippen LogP contribution in [0.25, 0.3) is 0 Å². The van der Waals surface area contributed by atoms with E-state index in [1.807, 2.05) is 6.08 Å². The molecule has 1 aromatic carbocycles. The van der Waals surface area contributed by atoms with E-state index in [4.69, 9.17) is 14.2 Å². The monoisotopic (exact) mass is 380 g/mol. The van der Waals surface area contributed by atoms with Crippen LogP contribution in [-0.2, 0) is 20.8 Å². The van der Waals surface area contributed by atoms with Gasteiger partial charge in [0.2, 0.25) is 0 Å². The van der Waals surface area contributed by atoms with Crippen LogP contribution in [0.3, 0.4) is 0 Å². The Morgan fingerprint density at radius 2 is 1.74 bits per heavy atom. The Labute approximate surface area is 160 Å². The summed E-state index contributed by atoms with van der Waals surface area (Å²) in [7, 11) is 1.44. The van der Waals surface area contributed by atoms with Gasteiger partial charge in [-0.15, -0.1) is 6.58 Å². The molecular weight excluding hydrogens is 350 g/mol. The first kappa shape index (κ1) is 20.4. The van der Waals surface area contributed by atoms with Crippen molar-refractivity contribution in [2.24, 2.45) is 11.8 Å².